The monoisotopic (exact) mass is 314 g/mol. The smallest absolute Gasteiger partial charge is 0.184 e. The highest BCUT2D eigenvalue weighted by molar-refractivity contribution is 6.17. The number of nitrogens with zero attached hydrogens (tertiary/aromatic N) is 2. The Morgan fingerprint density at radius 3 is 2.62 bits per heavy atom. The van der Waals surface area contributed by atoms with E-state index in [4.69, 9.17) is 11.6 Å². The van der Waals surface area contributed by atoms with Crippen molar-refractivity contribution in [1.29, 1.82) is 0 Å². The topological polar surface area (TPSA) is 17.8 Å². The fourth-order valence-electron chi connectivity index (χ4n) is 2.76. The predicted octanol–water partition coefficient (Wildman–Crippen LogP) is 5.09. The van der Waals surface area contributed by atoms with Crippen LogP contribution in [0.3, 0.4) is 0 Å². The van der Waals surface area contributed by atoms with Crippen LogP contribution >= 0.6 is 11.6 Å². The van der Waals surface area contributed by atoms with Crippen molar-refractivity contribution in [3.63, 3.8) is 0 Å². The van der Waals surface area contributed by atoms with Crippen LogP contribution in [0, 0.1) is 17.6 Å². The van der Waals surface area contributed by atoms with Gasteiger partial charge in [-0.1, -0.05) is 20.3 Å². The minimum atomic E-state index is -0.836. The van der Waals surface area contributed by atoms with Crippen LogP contribution in [0.15, 0.2) is 12.1 Å². The maximum absolute atomic E-state index is 14.2. The van der Waals surface area contributed by atoms with Crippen molar-refractivity contribution in [3.8, 4) is 0 Å². The van der Waals surface area contributed by atoms with Crippen molar-refractivity contribution < 1.29 is 8.78 Å². The molecule has 2 rings (SSSR count). The summed E-state index contributed by atoms with van der Waals surface area (Å²) in [4.78, 5) is 4.43. The first kappa shape index (κ1) is 16.2. The molecule has 0 aliphatic carbocycles. The standard InChI is InChI=1S/C16H21ClF2N2/c1-4-10(2)9-11(3)21-14(7-8-17)20-13-6-5-12(18)15(19)16(13)21/h5-6,10-11H,4,7-9H2,1-3H3. The lowest BCUT2D eigenvalue weighted by Crippen LogP contribution is -2.13. The molecule has 0 aliphatic heterocycles. The lowest BCUT2D eigenvalue weighted by atomic mass is 10.00. The molecule has 0 saturated heterocycles. The van der Waals surface area contributed by atoms with Gasteiger partial charge in [0, 0.05) is 18.3 Å². The molecule has 21 heavy (non-hydrogen) atoms. The molecule has 0 radical (unpaired) electrons. The molecular formula is C16H21ClF2N2. The molecular weight excluding hydrogens is 294 g/mol. The Morgan fingerprint density at radius 2 is 2.00 bits per heavy atom. The zero-order valence-electron chi connectivity index (χ0n) is 12.7. The second-order valence-corrected chi connectivity index (χ2v) is 6.04. The van der Waals surface area contributed by atoms with E-state index in [2.05, 4.69) is 18.8 Å². The summed E-state index contributed by atoms with van der Waals surface area (Å²) in [6.07, 6.45) is 2.49. The van der Waals surface area contributed by atoms with Crippen LogP contribution < -0.4 is 0 Å². The second kappa shape index (κ2) is 6.73. The molecule has 2 aromatic rings. The van der Waals surface area contributed by atoms with Crippen molar-refractivity contribution in [2.75, 3.05) is 5.88 Å². The number of aryl methyl sites for hydroxylation is 1. The Hall–Kier alpha value is -1.16. The molecule has 2 atom stereocenters. The van der Waals surface area contributed by atoms with E-state index in [1.165, 1.54) is 6.07 Å². The zero-order valence-corrected chi connectivity index (χ0v) is 13.4. The number of aromatic nitrogens is 2. The zero-order chi connectivity index (χ0) is 15.6. The van der Waals surface area contributed by atoms with Gasteiger partial charge in [-0.25, -0.2) is 13.8 Å². The van der Waals surface area contributed by atoms with E-state index in [1.54, 1.807) is 0 Å². The summed E-state index contributed by atoms with van der Waals surface area (Å²) in [5.41, 5.74) is 0.746. The summed E-state index contributed by atoms with van der Waals surface area (Å²) in [7, 11) is 0. The largest absolute Gasteiger partial charge is 0.323 e. The van der Waals surface area contributed by atoms with E-state index >= 15 is 0 Å². The van der Waals surface area contributed by atoms with Crippen molar-refractivity contribution in [1.82, 2.24) is 9.55 Å². The average Bonchev–Trinajstić information content (AvgIpc) is 2.82. The molecule has 1 aromatic carbocycles. The SMILES string of the molecule is CCC(C)CC(C)n1c(CCCl)nc2ccc(F)c(F)c21. The van der Waals surface area contributed by atoms with E-state index in [0.717, 1.165) is 24.7 Å². The van der Waals surface area contributed by atoms with Gasteiger partial charge in [0.05, 0.1) is 5.52 Å². The number of hydrogen-bond acceptors (Lipinski definition) is 1. The lowest BCUT2D eigenvalue weighted by molar-refractivity contribution is 0.394. The van der Waals surface area contributed by atoms with Gasteiger partial charge in [-0.2, -0.15) is 0 Å². The Kier molecular flexibility index (Phi) is 5.20. The predicted molar refractivity (Wildman–Crippen MR) is 82.9 cm³/mol. The first-order chi connectivity index (χ1) is 9.99. The molecule has 1 heterocycles. The second-order valence-electron chi connectivity index (χ2n) is 5.66. The van der Waals surface area contributed by atoms with Gasteiger partial charge in [0.2, 0.25) is 0 Å². The third-order valence-corrected chi connectivity index (χ3v) is 4.20. The minimum Gasteiger partial charge on any atom is -0.323 e. The lowest BCUT2D eigenvalue weighted by Gasteiger charge is -2.20. The quantitative estimate of drug-likeness (QED) is 0.679. The summed E-state index contributed by atoms with van der Waals surface area (Å²) in [6.45, 7) is 6.31. The molecule has 0 aliphatic rings. The van der Waals surface area contributed by atoms with Gasteiger partial charge >= 0.3 is 0 Å². The van der Waals surface area contributed by atoms with Gasteiger partial charge in [-0.3, -0.25) is 0 Å². The van der Waals surface area contributed by atoms with Gasteiger partial charge in [-0.15, -0.1) is 11.6 Å². The van der Waals surface area contributed by atoms with Crippen LogP contribution in [0.1, 0.15) is 45.5 Å². The normalized spacial score (nSPS) is 14.6. The van der Waals surface area contributed by atoms with Crippen molar-refractivity contribution in [3.05, 3.63) is 29.6 Å². The highest BCUT2D eigenvalue weighted by Crippen LogP contribution is 2.29. The number of fused-ring (bicyclic) bond motifs is 1. The number of alkyl halides is 1. The minimum absolute atomic E-state index is 0.0551. The van der Waals surface area contributed by atoms with Gasteiger partial charge < -0.3 is 4.57 Å². The maximum atomic E-state index is 14.2. The Bertz CT molecular complexity index is 624. The highest BCUT2D eigenvalue weighted by atomic mass is 35.5. The third kappa shape index (κ3) is 3.20. The van der Waals surface area contributed by atoms with Crippen LogP contribution in [0.4, 0.5) is 8.78 Å². The molecule has 0 saturated carbocycles. The number of imidazole rings is 1. The molecule has 0 N–H and O–H groups in total. The maximum Gasteiger partial charge on any atom is 0.184 e. The van der Waals surface area contributed by atoms with Gasteiger partial charge in [0.1, 0.15) is 11.3 Å². The summed E-state index contributed by atoms with van der Waals surface area (Å²) in [6, 6.07) is 2.70. The van der Waals surface area contributed by atoms with Crippen LogP contribution in [0.5, 0.6) is 0 Å². The first-order valence-corrected chi connectivity index (χ1v) is 7.93. The van der Waals surface area contributed by atoms with E-state index in [1.807, 2.05) is 11.5 Å². The molecule has 116 valence electrons. The number of hydrogen-bond donors (Lipinski definition) is 0. The summed E-state index contributed by atoms with van der Waals surface area (Å²) >= 11 is 5.82. The fraction of sp³-hybridized carbons (Fsp3) is 0.562. The number of rotatable bonds is 6. The van der Waals surface area contributed by atoms with E-state index in [0.29, 0.717) is 23.7 Å². The molecule has 2 unspecified atom stereocenters. The van der Waals surface area contributed by atoms with E-state index in [-0.39, 0.29) is 11.6 Å². The number of halogens is 3. The first-order valence-electron chi connectivity index (χ1n) is 7.40. The van der Waals surface area contributed by atoms with Crippen molar-refractivity contribution >= 4 is 22.6 Å². The average molecular weight is 315 g/mol. The van der Waals surface area contributed by atoms with Gasteiger partial charge in [-0.05, 0) is 31.4 Å². The Balaban J connectivity index is 2.56. The highest BCUT2D eigenvalue weighted by Gasteiger charge is 2.21. The molecule has 0 bridgehead atoms. The fourth-order valence-corrected chi connectivity index (χ4v) is 2.93. The summed E-state index contributed by atoms with van der Waals surface area (Å²) < 4.78 is 29.6. The van der Waals surface area contributed by atoms with Crippen LogP contribution in [0.2, 0.25) is 0 Å². The molecule has 0 fully saturated rings. The van der Waals surface area contributed by atoms with E-state index in [9.17, 15) is 8.78 Å². The van der Waals surface area contributed by atoms with Crippen LogP contribution in [-0.2, 0) is 6.42 Å². The van der Waals surface area contributed by atoms with Gasteiger partial charge in [0.25, 0.3) is 0 Å². The third-order valence-electron chi connectivity index (χ3n) is 4.02. The molecule has 0 amide bonds. The molecule has 2 nitrogen and oxygen atoms in total. The molecule has 1 aromatic heterocycles. The van der Waals surface area contributed by atoms with Gasteiger partial charge in [0.15, 0.2) is 11.6 Å². The molecule has 5 heteroatoms. The van der Waals surface area contributed by atoms with Crippen LogP contribution in [-0.4, -0.2) is 15.4 Å². The summed E-state index contributed by atoms with van der Waals surface area (Å²) in [5.74, 6) is -0.0180. The number of benzene rings is 1. The Morgan fingerprint density at radius 1 is 1.29 bits per heavy atom. The van der Waals surface area contributed by atoms with Crippen LogP contribution in [0.25, 0.3) is 11.0 Å². The Labute approximate surface area is 129 Å². The summed E-state index contributed by atoms with van der Waals surface area (Å²) in [5, 5.41) is 0. The van der Waals surface area contributed by atoms with E-state index < -0.39 is 11.6 Å². The van der Waals surface area contributed by atoms with Crippen molar-refractivity contribution in [2.45, 2.75) is 46.1 Å². The van der Waals surface area contributed by atoms with Crippen molar-refractivity contribution in [2.24, 2.45) is 5.92 Å². The molecule has 0 spiro atoms.